The molecule has 2 saturated heterocycles. The van der Waals surface area contributed by atoms with Crippen molar-refractivity contribution in [3.63, 3.8) is 0 Å². The Bertz CT molecular complexity index is 431. The van der Waals surface area contributed by atoms with Crippen LogP contribution in [0.5, 0.6) is 0 Å². The monoisotopic (exact) mass is 309 g/mol. The summed E-state index contributed by atoms with van der Waals surface area (Å²) in [7, 11) is 0. The van der Waals surface area contributed by atoms with Gasteiger partial charge in [-0.25, -0.2) is 0 Å². The normalized spacial score (nSPS) is 32.2. The predicted molar refractivity (Wildman–Crippen MR) is 84.3 cm³/mol. The summed E-state index contributed by atoms with van der Waals surface area (Å²) >= 11 is 0. The van der Waals surface area contributed by atoms with Crippen LogP contribution in [-0.4, -0.2) is 56.2 Å². The van der Waals surface area contributed by atoms with Crippen molar-refractivity contribution in [2.24, 2.45) is 5.92 Å². The molecular weight excluding hydrogens is 282 g/mol. The number of hydrogen-bond donors (Lipinski definition) is 4. The minimum absolute atomic E-state index is 0.0410. The summed E-state index contributed by atoms with van der Waals surface area (Å²) < 4.78 is 0. The van der Waals surface area contributed by atoms with E-state index in [0.717, 1.165) is 44.9 Å². The van der Waals surface area contributed by atoms with E-state index < -0.39 is 12.2 Å². The van der Waals surface area contributed by atoms with Gasteiger partial charge in [-0.05, 0) is 51.0 Å². The van der Waals surface area contributed by atoms with E-state index in [9.17, 15) is 15.3 Å². The van der Waals surface area contributed by atoms with Crippen molar-refractivity contribution < 1.29 is 20.4 Å². The molecule has 0 saturated carbocycles. The predicted octanol–water partition coefficient (Wildman–Crippen LogP) is 1.71. The molecule has 0 bridgehead atoms. The van der Waals surface area contributed by atoms with Crippen LogP contribution in [0.2, 0.25) is 0 Å². The molecular formula is C17H27NO4. The average molecular weight is 309 g/mol. The summed E-state index contributed by atoms with van der Waals surface area (Å²) in [6, 6.07) is 0.740. The smallest absolute Gasteiger partial charge is 0.140 e. The van der Waals surface area contributed by atoms with Crippen LogP contribution < -0.4 is 0 Å². The molecule has 22 heavy (non-hydrogen) atoms. The Morgan fingerprint density at radius 2 is 2.09 bits per heavy atom. The molecule has 2 fully saturated rings. The molecule has 2 rings (SSSR count). The van der Waals surface area contributed by atoms with Gasteiger partial charge in [0.2, 0.25) is 0 Å². The number of fused-ring (bicyclic) bond motifs is 1. The maximum atomic E-state index is 9.98. The van der Waals surface area contributed by atoms with Crippen molar-refractivity contribution in [2.45, 2.75) is 69.2 Å². The molecule has 0 aromatic heterocycles. The summed E-state index contributed by atoms with van der Waals surface area (Å²) in [6.45, 7) is 1.02. The molecule has 2 aliphatic heterocycles. The number of hydrogen-bond acceptors (Lipinski definition) is 5. The molecule has 2 heterocycles. The molecule has 5 nitrogen and oxygen atoms in total. The Labute approximate surface area is 132 Å². The first-order valence-corrected chi connectivity index (χ1v) is 8.17. The summed E-state index contributed by atoms with van der Waals surface area (Å²) in [5.41, 5.74) is 0. The maximum Gasteiger partial charge on any atom is 0.140 e. The van der Waals surface area contributed by atoms with Gasteiger partial charge < -0.3 is 20.4 Å². The number of aliphatic hydroxyl groups is 4. The standard InChI is InChI=1S/C17H27NO4/c1-2-16(21)17(22)10-13-7-5-12(6-8-14(20)11-19)15-4-3-9-18(13)15/h1,11-13,15-17,19-22H,3-10H2/b14-11+/t12-,13+,15-,16+,17-/m0/s1. The zero-order valence-corrected chi connectivity index (χ0v) is 12.9. The van der Waals surface area contributed by atoms with E-state index in [-0.39, 0.29) is 11.8 Å². The topological polar surface area (TPSA) is 84.2 Å². The maximum absolute atomic E-state index is 9.98. The van der Waals surface area contributed by atoms with Gasteiger partial charge in [-0.1, -0.05) is 5.92 Å². The van der Waals surface area contributed by atoms with Crippen LogP contribution in [0.15, 0.2) is 12.0 Å². The Kier molecular flexibility index (Phi) is 6.13. The van der Waals surface area contributed by atoms with E-state index in [4.69, 9.17) is 11.5 Å². The lowest BCUT2D eigenvalue weighted by Crippen LogP contribution is -2.49. The number of piperidine rings is 1. The Morgan fingerprint density at radius 1 is 1.32 bits per heavy atom. The third kappa shape index (κ3) is 3.95. The molecule has 0 unspecified atom stereocenters. The zero-order chi connectivity index (χ0) is 16.1. The molecule has 0 aromatic rings. The largest absolute Gasteiger partial charge is 0.512 e. The molecule has 0 aliphatic carbocycles. The molecule has 2 aliphatic rings. The second kappa shape index (κ2) is 7.87. The van der Waals surface area contributed by atoms with E-state index >= 15 is 0 Å². The van der Waals surface area contributed by atoms with Crippen LogP contribution in [-0.2, 0) is 0 Å². The van der Waals surface area contributed by atoms with Crippen molar-refractivity contribution in [3.05, 3.63) is 12.0 Å². The molecule has 0 spiro atoms. The number of terminal acetylenes is 1. The third-order valence-corrected chi connectivity index (χ3v) is 5.20. The average Bonchev–Trinajstić information content (AvgIpc) is 3.02. The second-order valence-corrected chi connectivity index (χ2v) is 6.51. The Morgan fingerprint density at radius 3 is 2.77 bits per heavy atom. The van der Waals surface area contributed by atoms with Crippen LogP contribution in [0, 0.1) is 18.3 Å². The first-order valence-electron chi connectivity index (χ1n) is 8.17. The van der Waals surface area contributed by atoms with E-state index in [1.54, 1.807) is 0 Å². The Balaban J connectivity index is 1.92. The number of rotatable bonds is 6. The van der Waals surface area contributed by atoms with E-state index in [1.807, 2.05) is 0 Å². The van der Waals surface area contributed by atoms with Crippen LogP contribution in [0.3, 0.4) is 0 Å². The van der Waals surface area contributed by atoms with Gasteiger partial charge >= 0.3 is 0 Å². The lowest BCUT2D eigenvalue weighted by Gasteiger charge is -2.43. The SMILES string of the molecule is C#C[C@@H](O)[C@@H](O)C[C@H]1CC[C@@H](CC/C(O)=C\O)[C@@H]2CCCN12. The fourth-order valence-electron chi connectivity index (χ4n) is 4.05. The van der Waals surface area contributed by atoms with E-state index in [2.05, 4.69) is 10.8 Å². The first-order chi connectivity index (χ1) is 10.6. The molecule has 124 valence electrons. The molecule has 0 aromatic carbocycles. The van der Waals surface area contributed by atoms with Crippen LogP contribution >= 0.6 is 0 Å². The van der Waals surface area contributed by atoms with Gasteiger partial charge in [-0.15, -0.1) is 6.42 Å². The van der Waals surface area contributed by atoms with Gasteiger partial charge in [0.15, 0.2) is 0 Å². The van der Waals surface area contributed by atoms with Gasteiger partial charge in [-0.3, -0.25) is 4.90 Å². The lowest BCUT2D eigenvalue weighted by molar-refractivity contribution is -0.00124. The van der Waals surface area contributed by atoms with Gasteiger partial charge in [0.1, 0.15) is 18.1 Å². The van der Waals surface area contributed by atoms with Crippen LogP contribution in [0.1, 0.15) is 44.9 Å². The van der Waals surface area contributed by atoms with Crippen LogP contribution in [0.25, 0.3) is 0 Å². The highest BCUT2D eigenvalue weighted by Crippen LogP contribution is 2.39. The molecule has 4 N–H and O–H groups in total. The van der Waals surface area contributed by atoms with Crippen molar-refractivity contribution in [2.75, 3.05) is 6.54 Å². The van der Waals surface area contributed by atoms with Gasteiger partial charge in [0.05, 0.1) is 6.10 Å². The third-order valence-electron chi connectivity index (χ3n) is 5.20. The number of nitrogens with zero attached hydrogens (tertiary/aromatic N) is 1. The lowest BCUT2D eigenvalue weighted by atomic mass is 9.81. The summed E-state index contributed by atoms with van der Waals surface area (Å²) in [5.74, 6) is 2.74. The minimum Gasteiger partial charge on any atom is -0.512 e. The van der Waals surface area contributed by atoms with E-state index in [1.165, 1.54) is 0 Å². The fraction of sp³-hybridized carbons (Fsp3) is 0.765. The van der Waals surface area contributed by atoms with Crippen molar-refractivity contribution >= 4 is 0 Å². The molecule has 5 atom stereocenters. The quantitative estimate of drug-likeness (QED) is 0.443. The number of allylic oxidation sites excluding steroid dienone is 1. The van der Waals surface area contributed by atoms with Gasteiger partial charge in [0.25, 0.3) is 0 Å². The summed E-state index contributed by atoms with van der Waals surface area (Å²) in [6.07, 6.45) is 10.2. The highest BCUT2D eigenvalue weighted by molar-refractivity contribution is 5.01. The second-order valence-electron chi connectivity index (χ2n) is 6.51. The van der Waals surface area contributed by atoms with Crippen molar-refractivity contribution in [1.82, 2.24) is 4.90 Å². The number of aliphatic hydroxyl groups excluding tert-OH is 4. The summed E-state index contributed by atoms with van der Waals surface area (Å²) in [4.78, 5) is 2.44. The fourth-order valence-corrected chi connectivity index (χ4v) is 4.05. The van der Waals surface area contributed by atoms with Gasteiger partial charge in [-0.2, -0.15) is 0 Å². The molecule has 5 heteroatoms. The minimum atomic E-state index is -1.09. The van der Waals surface area contributed by atoms with E-state index in [0.29, 0.717) is 24.8 Å². The van der Waals surface area contributed by atoms with Crippen molar-refractivity contribution in [1.29, 1.82) is 0 Å². The summed E-state index contributed by atoms with van der Waals surface area (Å²) in [5, 5.41) is 37.7. The highest BCUT2D eigenvalue weighted by Gasteiger charge is 2.40. The van der Waals surface area contributed by atoms with Gasteiger partial charge in [0, 0.05) is 18.5 Å². The van der Waals surface area contributed by atoms with Crippen LogP contribution in [0.4, 0.5) is 0 Å². The first kappa shape index (κ1) is 17.1. The Hall–Kier alpha value is -1.22. The van der Waals surface area contributed by atoms with Crippen molar-refractivity contribution in [3.8, 4) is 12.3 Å². The highest BCUT2D eigenvalue weighted by atomic mass is 16.3. The molecule has 0 amide bonds. The zero-order valence-electron chi connectivity index (χ0n) is 12.9. The molecule has 0 radical (unpaired) electrons.